The minimum absolute atomic E-state index is 0.206. The molecule has 1 saturated heterocycles. The van der Waals surface area contributed by atoms with E-state index in [-0.39, 0.29) is 12.1 Å². The summed E-state index contributed by atoms with van der Waals surface area (Å²) in [5, 5.41) is 0. The van der Waals surface area contributed by atoms with Crippen molar-refractivity contribution in [2.24, 2.45) is 0 Å². The zero-order valence-electron chi connectivity index (χ0n) is 13.4. The molecule has 2 N–H and O–H groups in total. The number of likely N-dealkylation sites (N-methyl/N-ethyl adjacent to an activating group) is 1. The van der Waals surface area contributed by atoms with E-state index in [2.05, 4.69) is 18.7 Å². The highest BCUT2D eigenvalue weighted by Crippen LogP contribution is 2.28. The van der Waals surface area contributed by atoms with Crippen LogP contribution in [0, 0.1) is 13.8 Å². The second-order valence-electron chi connectivity index (χ2n) is 6.17. The van der Waals surface area contributed by atoms with Gasteiger partial charge in [0, 0.05) is 30.9 Å². The first-order chi connectivity index (χ1) is 9.64. The molecule has 2 unspecified atom stereocenters. The van der Waals surface area contributed by atoms with Crippen LogP contribution in [0.15, 0.2) is 17.0 Å². The Balaban J connectivity index is 2.44. The Hall–Kier alpha value is -1.11. The summed E-state index contributed by atoms with van der Waals surface area (Å²) in [6.45, 7) is 8.76. The van der Waals surface area contributed by atoms with Gasteiger partial charge in [-0.05, 0) is 58.0 Å². The van der Waals surface area contributed by atoms with Gasteiger partial charge in [0.15, 0.2) is 0 Å². The molecule has 0 amide bonds. The van der Waals surface area contributed by atoms with Crippen molar-refractivity contribution in [2.75, 3.05) is 25.9 Å². The van der Waals surface area contributed by atoms with E-state index in [9.17, 15) is 8.42 Å². The van der Waals surface area contributed by atoms with Crippen LogP contribution in [0.1, 0.15) is 25.0 Å². The number of hydrogen-bond donors (Lipinski definition) is 1. The molecule has 118 valence electrons. The van der Waals surface area contributed by atoms with Crippen molar-refractivity contribution >= 4 is 15.7 Å². The second-order valence-corrected chi connectivity index (χ2v) is 8.04. The Bertz CT molecular complexity index is 607. The first-order valence-corrected chi connectivity index (χ1v) is 8.67. The number of sulfonamides is 1. The number of aryl methyl sites for hydroxylation is 2. The van der Waals surface area contributed by atoms with Crippen molar-refractivity contribution in [3.8, 4) is 0 Å². The van der Waals surface area contributed by atoms with Gasteiger partial charge >= 0.3 is 0 Å². The average molecular weight is 311 g/mol. The summed E-state index contributed by atoms with van der Waals surface area (Å²) in [4.78, 5) is 2.62. The lowest BCUT2D eigenvalue weighted by atomic mass is 10.1. The summed E-state index contributed by atoms with van der Waals surface area (Å²) in [6, 6.07) is 3.86. The average Bonchev–Trinajstić information content (AvgIpc) is 2.33. The van der Waals surface area contributed by atoms with E-state index in [1.54, 1.807) is 30.3 Å². The van der Waals surface area contributed by atoms with E-state index in [0.717, 1.165) is 0 Å². The quantitative estimate of drug-likeness (QED) is 0.843. The topological polar surface area (TPSA) is 66.6 Å². The van der Waals surface area contributed by atoms with Gasteiger partial charge in [-0.15, -0.1) is 0 Å². The van der Waals surface area contributed by atoms with Crippen LogP contribution in [0.25, 0.3) is 0 Å². The summed E-state index contributed by atoms with van der Waals surface area (Å²) in [7, 11) is -1.44. The standard InChI is InChI=1S/C15H25N3O2S/c1-10-6-14(16)7-11(2)15(10)21(19,20)18-8-12(3)17(5)13(4)9-18/h6-7,12-13H,8-9,16H2,1-5H3. The van der Waals surface area contributed by atoms with E-state index in [1.165, 1.54) is 0 Å². The molecular weight excluding hydrogens is 286 g/mol. The van der Waals surface area contributed by atoms with Crippen molar-refractivity contribution in [1.29, 1.82) is 0 Å². The fourth-order valence-corrected chi connectivity index (χ4v) is 5.09. The number of piperazine rings is 1. The molecule has 1 aliphatic heterocycles. The number of nitrogens with zero attached hydrogens (tertiary/aromatic N) is 2. The van der Waals surface area contributed by atoms with E-state index in [4.69, 9.17) is 5.73 Å². The third-order valence-electron chi connectivity index (χ3n) is 4.41. The van der Waals surface area contributed by atoms with Crippen LogP contribution in [-0.4, -0.2) is 49.8 Å². The van der Waals surface area contributed by atoms with Crippen LogP contribution in [0.3, 0.4) is 0 Å². The molecule has 0 aromatic heterocycles. The van der Waals surface area contributed by atoms with E-state index in [1.807, 2.05) is 7.05 Å². The van der Waals surface area contributed by atoms with E-state index >= 15 is 0 Å². The number of nitrogen functional groups attached to an aromatic ring is 1. The van der Waals surface area contributed by atoms with Crippen molar-refractivity contribution in [2.45, 2.75) is 44.7 Å². The van der Waals surface area contributed by atoms with Crippen LogP contribution in [0.4, 0.5) is 5.69 Å². The number of rotatable bonds is 2. The predicted molar refractivity (Wildman–Crippen MR) is 85.8 cm³/mol. The molecule has 0 radical (unpaired) electrons. The van der Waals surface area contributed by atoms with Crippen LogP contribution < -0.4 is 5.73 Å². The molecule has 1 aliphatic rings. The first kappa shape index (κ1) is 16.3. The third kappa shape index (κ3) is 2.93. The smallest absolute Gasteiger partial charge is 0.243 e. The van der Waals surface area contributed by atoms with Crippen LogP contribution in [-0.2, 0) is 10.0 Å². The van der Waals surface area contributed by atoms with E-state index < -0.39 is 10.0 Å². The van der Waals surface area contributed by atoms with E-state index in [0.29, 0.717) is 34.8 Å². The highest BCUT2D eigenvalue weighted by atomic mass is 32.2. The van der Waals surface area contributed by atoms with Gasteiger partial charge in [0.2, 0.25) is 10.0 Å². The number of benzene rings is 1. The second kappa shape index (κ2) is 5.59. The number of hydrogen-bond acceptors (Lipinski definition) is 4. The lowest BCUT2D eigenvalue weighted by molar-refractivity contribution is 0.105. The van der Waals surface area contributed by atoms with Gasteiger partial charge in [0.25, 0.3) is 0 Å². The predicted octanol–water partition coefficient (Wildman–Crippen LogP) is 1.60. The summed E-state index contributed by atoms with van der Waals surface area (Å²) in [6.07, 6.45) is 0. The Labute approximate surface area is 127 Å². The lowest BCUT2D eigenvalue weighted by Crippen LogP contribution is -2.56. The Kier molecular flexibility index (Phi) is 4.33. The van der Waals surface area contributed by atoms with Gasteiger partial charge in [-0.2, -0.15) is 4.31 Å². The molecule has 0 aliphatic carbocycles. The van der Waals surface area contributed by atoms with Crippen molar-refractivity contribution in [3.63, 3.8) is 0 Å². The summed E-state index contributed by atoms with van der Waals surface area (Å²) >= 11 is 0. The van der Waals surface area contributed by atoms with Crippen molar-refractivity contribution < 1.29 is 8.42 Å². The maximum Gasteiger partial charge on any atom is 0.243 e. The fourth-order valence-electron chi connectivity index (χ4n) is 3.07. The molecule has 2 atom stereocenters. The Morgan fingerprint density at radius 2 is 1.52 bits per heavy atom. The lowest BCUT2D eigenvalue weighted by Gasteiger charge is -2.41. The molecule has 0 spiro atoms. The highest BCUT2D eigenvalue weighted by Gasteiger charge is 2.35. The molecule has 0 bridgehead atoms. The Morgan fingerprint density at radius 3 is 1.95 bits per heavy atom. The maximum atomic E-state index is 13.0. The summed E-state index contributed by atoms with van der Waals surface area (Å²) in [5.74, 6) is 0. The van der Waals surface area contributed by atoms with Crippen LogP contribution in [0.5, 0.6) is 0 Å². The van der Waals surface area contributed by atoms with Crippen LogP contribution >= 0.6 is 0 Å². The van der Waals surface area contributed by atoms with Gasteiger partial charge in [-0.25, -0.2) is 8.42 Å². The molecule has 0 saturated carbocycles. The van der Waals surface area contributed by atoms with Crippen LogP contribution in [0.2, 0.25) is 0 Å². The number of nitrogens with two attached hydrogens (primary N) is 1. The zero-order chi connectivity index (χ0) is 15.9. The molecule has 1 aromatic carbocycles. The normalized spacial score (nSPS) is 25.2. The molecule has 1 heterocycles. The first-order valence-electron chi connectivity index (χ1n) is 7.23. The molecule has 6 heteroatoms. The third-order valence-corrected chi connectivity index (χ3v) is 6.54. The molecule has 21 heavy (non-hydrogen) atoms. The SMILES string of the molecule is Cc1cc(N)cc(C)c1S(=O)(=O)N1CC(C)N(C)C(C)C1. The number of anilines is 1. The zero-order valence-corrected chi connectivity index (χ0v) is 14.2. The van der Waals surface area contributed by atoms with Gasteiger partial charge in [0.05, 0.1) is 4.90 Å². The van der Waals surface area contributed by atoms with Gasteiger partial charge in [-0.1, -0.05) is 0 Å². The van der Waals surface area contributed by atoms with Crippen molar-refractivity contribution in [3.05, 3.63) is 23.3 Å². The van der Waals surface area contributed by atoms with Gasteiger partial charge in [-0.3, -0.25) is 4.90 Å². The highest BCUT2D eigenvalue weighted by molar-refractivity contribution is 7.89. The minimum Gasteiger partial charge on any atom is -0.399 e. The molecule has 5 nitrogen and oxygen atoms in total. The molecular formula is C15H25N3O2S. The molecule has 2 rings (SSSR count). The van der Waals surface area contributed by atoms with Crippen molar-refractivity contribution in [1.82, 2.24) is 9.21 Å². The largest absolute Gasteiger partial charge is 0.399 e. The molecule has 1 aromatic rings. The molecule has 1 fully saturated rings. The Morgan fingerprint density at radius 1 is 1.10 bits per heavy atom. The summed E-state index contributed by atoms with van der Waals surface area (Å²) < 4.78 is 27.6. The van der Waals surface area contributed by atoms with Gasteiger partial charge in [0.1, 0.15) is 0 Å². The minimum atomic E-state index is -3.48. The monoisotopic (exact) mass is 311 g/mol. The van der Waals surface area contributed by atoms with Gasteiger partial charge < -0.3 is 5.73 Å². The fraction of sp³-hybridized carbons (Fsp3) is 0.600. The maximum absolute atomic E-state index is 13.0. The summed E-state index contributed by atoms with van der Waals surface area (Å²) in [5.41, 5.74) is 7.83.